The molecule has 0 amide bonds. The standard InChI is InChI=1S/C13H16N5O2.ClH/c1-2-20-13(19)18-11-17(10-16-18)15-9-14-8-12-6-4-3-5-7-12;/h3-7,9-11H,2,8H2,1H3,(H,14,15);1H/q+1;/p-1. The van der Waals surface area contributed by atoms with Gasteiger partial charge < -0.3 is 17.1 Å². The van der Waals surface area contributed by atoms with Crippen molar-refractivity contribution in [2.45, 2.75) is 13.5 Å². The molecule has 0 fully saturated rings. The maximum atomic E-state index is 11.4. The van der Waals surface area contributed by atoms with Crippen LogP contribution in [0.5, 0.6) is 0 Å². The van der Waals surface area contributed by atoms with Gasteiger partial charge in [-0.05, 0) is 17.2 Å². The minimum atomic E-state index is -0.519. The lowest BCUT2D eigenvalue weighted by Crippen LogP contribution is -3.00. The summed E-state index contributed by atoms with van der Waals surface area (Å²) in [6.45, 7) is 2.63. The molecule has 0 spiro atoms. The van der Waals surface area contributed by atoms with E-state index >= 15 is 0 Å². The molecule has 0 radical (unpaired) electrons. The maximum Gasteiger partial charge on any atom is 0.513 e. The number of carbonyl (C=O) groups is 1. The number of halogens is 1. The largest absolute Gasteiger partial charge is 1.00 e. The summed E-state index contributed by atoms with van der Waals surface area (Å²) in [5, 5.41) is 3.85. The van der Waals surface area contributed by atoms with Crippen LogP contribution in [0.15, 0.2) is 48.0 Å². The van der Waals surface area contributed by atoms with Gasteiger partial charge in [0.25, 0.3) is 12.7 Å². The Kier molecular flexibility index (Phi) is 6.90. The fourth-order valence-electron chi connectivity index (χ4n) is 1.48. The molecule has 1 aromatic heterocycles. The average molecular weight is 310 g/mol. The molecule has 21 heavy (non-hydrogen) atoms. The van der Waals surface area contributed by atoms with Crippen LogP contribution in [0.4, 0.5) is 4.79 Å². The Labute approximate surface area is 128 Å². The van der Waals surface area contributed by atoms with Gasteiger partial charge in [0.15, 0.2) is 0 Å². The van der Waals surface area contributed by atoms with E-state index in [2.05, 4.69) is 15.5 Å². The van der Waals surface area contributed by atoms with E-state index < -0.39 is 6.09 Å². The summed E-state index contributed by atoms with van der Waals surface area (Å²) >= 11 is 0. The third-order valence-corrected chi connectivity index (χ3v) is 2.40. The first-order valence-corrected chi connectivity index (χ1v) is 6.21. The van der Waals surface area contributed by atoms with E-state index in [0.29, 0.717) is 13.2 Å². The molecule has 0 bridgehead atoms. The Morgan fingerprint density at radius 3 is 2.95 bits per heavy atom. The van der Waals surface area contributed by atoms with Crippen molar-refractivity contribution in [3.8, 4) is 0 Å². The smallest absolute Gasteiger partial charge is 0.513 e. The number of nitrogens with zero attached hydrogens (tertiary/aromatic N) is 4. The van der Waals surface area contributed by atoms with Crippen molar-refractivity contribution in [1.82, 2.24) is 9.78 Å². The van der Waals surface area contributed by atoms with Crippen molar-refractivity contribution in [2.24, 2.45) is 4.99 Å². The molecule has 1 heterocycles. The molecule has 0 aliphatic heterocycles. The van der Waals surface area contributed by atoms with Crippen LogP contribution in [-0.4, -0.2) is 28.8 Å². The third-order valence-electron chi connectivity index (χ3n) is 2.40. The van der Waals surface area contributed by atoms with Crippen LogP contribution in [0.3, 0.4) is 0 Å². The van der Waals surface area contributed by atoms with Gasteiger partial charge in [0.1, 0.15) is 6.34 Å². The number of benzene rings is 1. The van der Waals surface area contributed by atoms with Crippen molar-refractivity contribution < 1.29 is 26.6 Å². The van der Waals surface area contributed by atoms with E-state index in [1.165, 1.54) is 17.3 Å². The van der Waals surface area contributed by atoms with Crippen LogP contribution >= 0.6 is 0 Å². The van der Waals surface area contributed by atoms with Crippen molar-refractivity contribution in [3.05, 3.63) is 48.5 Å². The lowest BCUT2D eigenvalue weighted by Gasteiger charge is -1.95. The Bertz CT molecular complexity index is 585. The van der Waals surface area contributed by atoms with E-state index in [1.54, 1.807) is 13.3 Å². The highest BCUT2D eigenvalue weighted by Gasteiger charge is 2.15. The van der Waals surface area contributed by atoms with Crippen LogP contribution < -0.4 is 22.5 Å². The van der Waals surface area contributed by atoms with Crippen LogP contribution in [0.1, 0.15) is 12.5 Å². The van der Waals surface area contributed by atoms with Crippen molar-refractivity contribution in [2.75, 3.05) is 12.0 Å². The Morgan fingerprint density at radius 2 is 2.24 bits per heavy atom. The fraction of sp³-hybridized carbons (Fsp3) is 0.231. The normalized spacial score (nSPS) is 10.1. The van der Waals surface area contributed by atoms with Crippen molar-refractivity contribution in [3.63, 3.8) is 0 Å². The number of nitrogens with one attached hydrogen (secondary N) is 1. The lowest BCUT2D eigenvalue weighted by molar-refractivity contribution is -0.640. The first-order valence-electron chi connectivity index (χ1n) is 6.21. The number of carbonyl (C=O) groups excluding carboxylic acids is 1. The molecular formula is C13H16ClN5O2. The van der Waals surface area contributed by atoms with Crippen molar-refractivity contribution >= 4 is 12.4 Å². The summed E-state index contributed by atoms with van der Waals surface area (Å²) < 4.78 is 7.42. The Hall–Kier alpha value is -2.41. The topological polar surface area (TPSA) is 72.4 Å². The van der Waals surface area contributed by atoms with E-state index in [-0.39, 0.29) is 12.4 Å². The summed E-state index contributed by atoms with van der Waals surface area (Å²) in [6.07, 6.45) is 3.94. The molecule has 2 rings (SSSR count). The Balaban J connectivity index is 0.00000220. The molecule has 0 saturated heterocycles. The third kappa shape index (κ3) is 5.23. The predicted octanol–water partition coefficient (Wildman–Crippen LogP) is -2.05. The van der Waals surface area contributed by atoms with E-state index in [9.17, 15) is 4.79 Å². The molecule has 8 heteroatoms. The highest BCUT2D eigenvalue weighted by molar-refractivity contribution is 5.68. The number of aliphatic imine (C=N–C) groups is 1. The molecule has 1 N–H and O–H groups in total. The van der Waals surface area contributed by atoms with Gasteiger partial charge in [-0.3, -0.25) is 4.99 Å². The minimum Gasteiger partial charge on any atom is -1.00 e. The second kappa shape index (κ2) is 8.70. The van der Waals surface area contributed by atoms with E-state index in [4.69, 9.17) is 4.74 Å². The summed E-state index contributed by atoms with van der Waals surface area (Å²) in [5.41, 5.74) is 3.99. The van der Waals surface area contributed by atoms with Gasteiger partial charge >= 0.3 is 6.09 Å². The van der Waals surface area contributed by atoms with Crippen LogP contribution in [0, 0.1) is 0 Å². The average Bonchev–Trinajstić information content (AvgIpc) is 2.94. The SMILES string of the molecule is CCOC(=O)n1c[n+](NC=NCc2ccccc2)cn1.[Cl-]. The van der Waals surface area contributed by atoms with Gasteiger partial charge in [-0.2, -0.15) is 0 Å². The van der Waals surface area contributed by atoms with Crippen LogP contribution in [0.25, 0.3) is 0 Å². The lowest BCUT2D eigenvalue weighted by atomic mass is 10.2. The first-order chi connectivity index (χ1) is 9.79. The molecule has 0 aliphatic carbocycles. The highest BCUT2D eigenvalue weighted by Crippen LogP contribution is 1.98. The number of ether oxygens (including phenoxy) is 1. The quantitative estimate of drug-likeness (QED) is 0.392. The van der Waals surface area contributed by atoms with Gasteiger partial charge in [-0.25, -0.2) is 10.2 Å². The molecule has 0 aliphatic rings. The van der Waals surface area contributed by atoms with E-state index in [0.717, 1.165) is 10.2 Å². The minimum absolute atomic E-state index is 0. The molecule has 0 saturated carbocycles. The number of aromatic nitrogens is 3. The monoisotopic (exact) mass is 309 g/mol. The molecular weight excluding hydrogens is 294 g/mol. The van der Waals surface area contributed by atoms with Gasteiger partial charge in [-0.1, -0.05) is 30.3 Å². The molecule has 0 atom stereocenters. The Morgan fingerprint density at radius 1 is 1.48 bits per heavy atom. The zero-order valence-electron chi connectivity index (χ0n) is 11.5. The van der Waals surface area contributed by atoms with Gasteiger partial charge in [0.2, 0.25) is 0 Å². The zero-order valence-corrected chi connectivity index (χ0v) is 12.3. The highest BCUT2D eigenvalue weighted by atomic mass is 35.5. The molecule has 1 aromatic carbocycles. The maximum absolute atomic E-state index is 11.4. The van der Waals surface area contributed by atoms with Crippen LogP contribution in [0.2, 0.25) is 0 Å². The zero-order chi connectivity index (χ0) is 14.2. The molecule has 112 valence electrons. The second-order valence-corrected chi connectivity index (χ2v) is 3.88. The van der Waals surface area contributed by atoms with Gasteiger partial charge in [0.05, 0.1) is 18.3 Å². The van der Waals surface area contributed by atoms with Gasteiger partial charge in [0, 0.05) is 0 Å². The summed E-state index contributed by atoms with van der Waals surface area (Å²) in [4.78, 5) is 15.6. The summed E-state index contributed by atoms with van der Waals surface area (Å²) in [6, 6.07) is 9.91. The summed E-state index contributed by atoms with van der Waals surface area (Å²) in [5.74, 6) is 0. The van der Waals surface area contributed by atoms with E-state index in [1.807, 2.05) is 30.3 Å². The first kappa shape index (κ1) is 16.6. The van der Waals surface area contributed by atoms with Crippen molar-refractivity contribution in [1.29, 1.82) is 0 Å². The van der Waals surface area contributed by atoms with Gasteiger partial charge in [-0.15, -0.1) is 4.68 Å². The number of hydrogen-bond donors (Lipinski definition) is 1. The molecule has 7 nitrogen and oxygen atoms in total. The number of rotatable bonds is 5. The fourth-order valence-corrected chi connectivity index (χ4v) is 1.48. The molecule has 0 unspecified atom stereocenters. The second-order valence-electron chi connectivity index (χ2n) is 3.88. The molecule has 2 aromatic rings. The predicted molar refractivity (Wildman–Crippen MR) is 72.8 cm³/mol. The number of hydrogen-bond acceptors (Lipinski definition) is 4. The van der Waals surface area contributed by atoms with Crippen LogP contribution in [-0.2, 0) is 11.3 Å². The summed E-state index contributed by atoms with van der Waals surface area (Å²) in [7, 11) is 0.